The number of carboxylic acids is 2. The molecule has 39 heavy (non-hydrogen) atoms. The number of hydrogen-bond donors (Lipinski definition) is 4. The SMILES string of the molecule is COC(COC(Cc1ccc(OCC(F)(F)F)cc1)(C(=O)O)C(=O)O)CC(F)N1CNc2c(N)nc(Cl)nc21. The second-order valence-electron chi connectivity index (χ2n) is 8.38. The number of carboxylic acid groups (broad SMARTS) is 2. The standard InChI is InChI=1S/C22H24ClF4N5O7/c1-37-13(6-14(24)32-10-29-15-16(28)30-20(23)31-17(15)32)8-39-21(18(33)34,19(35)36)7-11-2-4-12(5-3-11)38-9-22(25,26)27/h2-5,13-14,29H,6-10H2,1H3,(H,33,34)(H,35,36)(H2,28,30,31). The van der Waals surface area contributed by atoms with E-state index in [9.17, 15) is 33.0 Å². The number of carbonyl (C=O) groups is 2. The van der Waals surface area contributed by atoms with Crippen molar-refractivity contribution in [3.05, 3.63) is 35.1 Å². The van der Waals surface area contributed by atoms with Gasteiger partial charge in [0, 0.05) is 20.0 Å². The number of nitrogens with one attached hydrogen (secondary N) is 1. The number of aliphatic carboxylic acids is 2. The van der Waals surface area contributed by atoms with Gasteiger partial charge in [0.2, 0.25) is 5.28 Å². The fourth-order valence-corrected chi connectivity index (χ4v) is 3.84. The van der Waals surface area contributed by atoms with Crippen molar-refractivity contribution >= 4 is 40.9 Å². The van der Waals surface area contributed by atoms with Crippen LogP contribution in [0.5, 0.6) is 5.75 Å². The average Bonchev–Trinajstić information content (AvgIpc) is 3.28. The molecule has 2 aromatic rings. The molecule has 0 spiro atoms. The summed E-state index contributed by atoms with van der Waals surface area (Å²) in [5.41, 5.74) is 3.34. The summed E-state index contributed by atoms with van der Waals surface area (Å²) in [7, 11) is 1.21. The lowest BCUT2D eigenvalue weighted by Gasteiger charge is -2.29. The fraction of sp³-hybridized carbons (Fsp3) is 0.455. The van der Waals surface area contributed by atoms with E-state index in [0.29, 0.717) is 0 Å². The van der Waals surface area contributed by atoms with Crippen LogP contribution in [-0.4, -0.2) is 83.3 Å². The molecule has 0 fully saturated rings. The zero-order chi connectivity index (χ0) is 29.0. The molecule has 0 aliphatic carbocycles. The normalized spacial score (nSPS) is 14.9. The third-order valence-corrected chi connectivity index (χ3v) is 5.87. The Morgan fingerprint density at radius 1 is 1.21 bits per heavy atom. The fourth-order valence-electron chi connectivity index (χ4n) is 3.67. The Bertz CT molecular complexity index is 1170. The number of aromatic nitrogens is 2. The van der Waals surface area contributed by atoms with Gasteiger partial charge in [0.25, 0.3) is 5.60 Å². The highest BCUT2D eigenvalue weighted by Crippen LogP contribution is 2.36. The number of anilines is 3. The van der Waals surface area contributed by atoms with Gasteiger partial charge in [-0.15, -0.1) is 0 Å². The molecule has 17 heteroatoms. The number of rotatable bonds is 13. The Morgan fingerprint density at radius 2 is 1.85 bits per heavy atom. The first-order valence-electron chi connectivity index (χ1n) is 11.2. The summed E-state index contributed by atoms with van der Waals surface area (Å²) in [6, 6.07) is 4.67. The number of nitrogens with zero attached hydrogens (tertiary/aromatic N) is 3. The van der Waals surface area contributed by atoms with E-state index >= 15 is 4.39 Å². The van der Waals surface area contributed by atoms with Crippen molar-refractivity contribution in [2.45, 2.75) is 37.0 Å². The van der Waals surface area contributed by atoms with Crippen molar-refractivity contribution in [1.29, 1.82) is 0 Å². The zero-order valence-corrected chi connectivity index (χ0v) is 21.0. The molecule has 0 radical (unpaired) electrons. The van der Waals surface area contributed by atoms with E-state index in [2.05, 4.69) is 20.0 Å². The molecule has 3 rings (SSSR count). The lowest BCUT2D eigenvalue weighted by atomic mass is 9.94. The molecular weight excluding hydrogens is 558 g/mol. The largest absolute Gasteiger partial charge is 0.484 e. The van der Waals surface area contributed by atoms with Gasteiger partial charge in [-0.2, -0.15) is 23.1 Å². The monoisotopic (exact) mass is 581 g/mol. The Kier molecular flexibility index (Phi) is 9.24. The number of ether oxygens (including phenoxy) is 3. The minimum Gasteiger partial charge on any atom is -0.484 e. The molecule has 5 N–H and O–H groups in total. The number of benzene rings is 1. The molecule has 0 saturated carbocycles. The van der Waals surface area contributed by atoms with Crippen molar-refractivity contribution < 1.29 is 51.6 Å². The Hall–Kier alpha value is -3.63. The Balaban J connectivity index is 1.70. The van der Waals surface area contributed by atoms with Crippen LogP contribution < -0.4 is 20.7 Å². The maximum absolute atomic E-state index is 15.2. The topological polar surface area (TPSA) is 169 Å². The third kappa shape index (κ3) is 7.27. The van der Waals surface area contributed by atoms with Crippen molar-refractivity contribution in [2.24, 2.45) is 0 Å². The van der Waals surface area contributed by atoms with E-state index < -0.39 is 55.8 Å². The van der Waals surface area contributed by atoms with Crippen LogP contribution in [0.3, 0.4) is 0 Å². The maximum atomic E-state index is 15.2. The molecule has 1 aliphatic heterocycles. The molecule has 1 aromatic heterocycles. The number of alkyl halides is 4. The predicted molar refractivity (Wildman–Crippen MR) is 128 cm³/mol. The van der Waals surface area contributed by atoms with Crippen LogP contribution in [0, 0.1) is 0 Å². The first-order chi connectivity index (χ1) is 18.3. The maximum Gasteiger partial charge on any atom is 0.422 e. The molecule has 1 aliphatic rings. The summed E-state index contributed by atoms with van der Waals surface area (Å²) in [6.45, 7) is -2.21. The molecule has 0 saturated heterocycles. The van der Waals surface area contributed by atoms with Gasteiger partial charge in [0.1, 0.15) is 11.4 Å². The van der Waals surface area contributed by atoms with Gasteiger partial charge in [-0.25, -0.2) is 14.0 Å². The first kappa shape index (κ1) is 29.9. The summed E-state index contributed by atoms with van der Waals surface area (Å²) >= 11 is 5.81. The molecule has 0 amide bonds. The summed E-state index contributed by atoms with van der Waals surface area (Å²) in [5, 5.41) is 22.2. The molecular formula is C22H24ClF4N5O7. The molecule has 2 heterocycles. The van der Waals surface area contributed by atoms with Crippen molar-refractivity contribution in [3.8, 4) is 5.75 Å². The summed E-state index contributed by atoms with van der Waals surface area (Å²) < 4.78 is 67.4. The van der Waals surface area contributed by atoms with Crippen LogP contribution in [-0.2, 0) is 25.5 Å². The van der Waals surface area contributed by atoms with E-state index in [0.717, 1.165) is 12.1 Å². The van der Waals surface area contributed by atoms with Gasteiger partial charge in [-0.3, -0.25) is 0 Å². The van der Waals surface area contributed by atoms with Gasteiger partial charge in [-0.05, 0) is 29.3 Å². The smallest absolute Gasteiger partial charge is 0.422 e. The minimum absolute atomic E-state index is 0.0129. The molecule has 2 unspecified atom stereocenters. The summed E-state index contributed by atoms with van der Waals surface area (Å²) in [6.07, 6.45) is -8.51. The lowest BCUT2D eigenvalue weighted by Crippen LogP contribution is -2.52. The van der Waals surface area contributed by atoms with Gasteiger partial charge in [-0.1, -0.05) is 12.1 Å². The number of hydrogen-bond acceptors (Lipinski definition) is 10. The van der Waals surface area contributed by atoms with Crippen LogP contribution >= 0.6 is 11.6 Å². The second-order valence-corrected chi connectivity index (χ2v) is 8.72. The Morgan fingerprint density at radius 3 is 2.41 bits per heavy atom. The summed E-state index contributed by atoms with van der Waals surface area (Å²) in [5.74, 6) is -3.74. The molecule has 12 nitrogen and oxygen atoms in total. The number of fused-ring (bicyclic) bond motifs is 1. The predicted octanol–water partition coefficient (Wildman–Crippen LogP) is 2.71. The first-order valence-corrected chi connectivity index (χ1v) is 11.5. The van der Waals surface area contributed by atoms with E-state index in [1.807, 2.05) is 0 Å². The molecule has 1 aromatic carbocycles. The number of halogens is 5. The van der Waals surface area contributed by atoms with Gasteiger partial charge < -0.3 is 40.4 Å². The van der Waals surface area contributed by atoms with Crippen LogP contribution in [0.15, 0.2) is 24.3 Å². The number of nitrogens with two attached hydrogens (primary N) is 1. The third-order valence-electron chi connectivity index (χ3n) is 5.70. The average molecular weight is 582 g/mol. The van der Waals surface area contributed by atoms with Gasteiger partial charge >= 0.3 is 18.1 Å². The van der Waals surface area contributed by atoms with Crippen LogP contribution in [0.2, 0.25) is 5.28 Å². The summed E-state index contributed by atoms with van der Waals surface area (Å²) in [4.78, 5) is 33.0. The van der Waals surface area contributed by atoms with E-state index in [4.69, 9.17) is 26.8 Å². The van der Waals surface area contributed by atoms with Gasteiger partial charge in [0.05, 0.1) is 19.4 Å². The highest BCUT2D eigenvalue weighted by Gasteiger charge is 2.49. The zero-order valence-electron chi connectivity index (χ0n) is 20.2. The molecule has 214 valence electrons. The van der Waals surface area contributed by atoms with E-state index in [1.54, 1.807) is 0 Å². The lowest BCUT2D eigenvalue weighted by molar-refractivity contribution is -0.187. The van der Waals surface area contributed by atoms with E-state index in [-0.39, 0.29) is 47.0 Å². The van der Waals surface area contributed by atoms with Crippen LogP contribution in [0.25, 0.3) is 0 Å². The van der Waals surface area contributed by atoms with Gasteiger partial charge in [0.15, 0.2) is 24.5 Å². The van der Waals surface area contributed by atoms with Crippen molar-refractivity contribution in [3.63, 3.8) is 0 Å². The van der Waals surface area contributed by atoms with Crippen molar-refractivity contribution in [1.82, 2.24) is 9.97 Å². The van der Waals surface area contributed by atoms with Crippen LogP contribution in [0.4, 0.5) is 34.9 Å². The Labute approximate surface area is 223 Å². The highest BCUT2D eigenvalue weighted by molar-refractivity contribution is 6.28. The van der Waals surface area contributed by atoms with E-state index in [1.165, 1.54) is 24.1 Å². The number of methoxy groups -OCH3 is 1. The molecule has 0 bridgehead atoms. The second kappa shape index (κ2) is 12.0. The van der Waals surface area contributed by atoms with Crippen LogP contribution in [0.1, 0.15) is 12.0 Å². The number of nitrogen functional groups attached to an aromatic ring is 1. The quantitative estimate of drug-likeness (QED) is 0.118. The molecule has 2 atom stereocenters. The highest BCUT2D eigenvalue weighted by atomic mass is 35.5. The van der Waals surface area contributed by atoms with Crippen molar-refractivity contribution in [2.75, 3.05) is 42.9 Å². The minimum atomic E-state index is -4.56.